The van der Waals surface area contributed by atoms with Crippen LogP contribution in [0, 0.1) is 5.41 Å². The number of hydrogen-bond acceptors (Lipinski definition) is 1. The van der Waals surface area contributed by atoms with Crippen LogP contribution in [0.1, 0.15) is 0 Å². The number of hydrogen-bond donors (Lipinski definition) is 1. The molecule has 0 aliphatic carbocycles. The molecule has 0 amide bonds. The highest BCUT2D eigenvalue weighted by Gasteiger charge is 1.85. The molecule has 0 unspecified atom stereocenters. The molecule has 0 heterocycles. The van der Waals surface area contributed by atoms with Gasteiger partial charge in [0.2, 0.25) is 0 Å². The van der Waals surface area contributed by atoms with E-state index in [1.54, 1.807) is 14.1 Å². The maximum Gasteiger partial charge on any atom is 0.190 e. The van der Waals surface area contributed by atoms with Gasteiger partial charge in [-0.1, -0.05) is 0 Å². The molecule has 3 heteroatoms. The van der Waals surface area contributed by atoms with Crippen LogP contribution in [-0.2, 0) is 0 Å². The van der Waals surface area contributed by atoms with Crippen molar-refractivity contribution in [1.82, 2.24) is 4.90 Å². The van der Waals surface area contributed by atoms with Crippen LogP contribution in [0.2, 0.25) is 0 Å². The molecule has 0 aliphatic rings. The number of rotatable bonds is 0. The standard InChI is InChI=1S/C3H7ClN2/c1-6(2)3(4)5/h5H,1-2H3. The minimum absolute atomic E-state index is 0.0648. The Hall–Kier alpha value is -0.240. The smallest absolute Gasteiger partial charge is 0.190 e. The summed E-state index contributed by atoms with van der Waals surface area (Å²) in [4.78, 5) is 1.52. The van der Waals surface area contributed by atoms with Gasteiger partial charge < -0.3 is 4.90 Å². The molecule has 1 N–H and O–H groups in total. The van der Waals surface area contributed by atoms with Gasteiger partial charge in [-0.3, -0.25) is 5.41 Å². The monoisotopic (exact) mass is 106 g/mol. The van der Waals surface area contributed by atoms with Crippen molar-refractivity contribution < 1.29 is 0 Å². The summed E-state index contributed by atoms with van der Waals surface area (Å²) in [5.74, 6) is 0. The third kappa shape index (κ3) is 2.03. The van der Waals surface area contributed by atoms with Gasteiger partial charge in [0.15, 0.2) is 5.29 Å². The normalized spacial score (nSPS) is 7.83. The first-order chi connectivity index (χ1) is 2.64. The Morgan fingerprint density at radius 1 is 1.67 bits per heavy atom. The van der Waals surface area contributed by atoms with Crippen LogP contribution in [-0.4, -0.2) is 24.3 Å². The molecule has 0 fully saturated rings. The molecular formula is C3H7ClN2. The predicted octanol–water partition coefficient (Wildman–Crippen LogP) is 0.722. The van der Waals surface area contributed by atoms with Crippen LogP contribution < -0.4 is 0 Å². The highest BCUT2D eigenvalue weighted by molar-refractivity contribution is 6.63. The van der Waals surface area contributed by atoms with Crippen molar-refractivity contribution in [2.45, 2.75) is 0 Å². The molecule has 36 valence electrons. The van der Waals surface area contributed by atoms with E-state index in [4.69, 9.17) is 17.0 Å². The lowest BCUT2D eigenvalue weighted by atomic mass is 11.0. The van der Waals surface area contributed by atoms with Crippen molar-refractivity contribution in [3.8, 4) is 0 Å². The first kappa shape index (κ1) is 5.76. The lowest BCUT2D eigenvalue weighted by Gasteiger charge is -2.03. The van der Waals surface area contributed by atoms with Gasteiger partial charge in [-0.15, -0.1) is 0 Å². The second kappa shape index (κ2) is 2.03. The molecule has 0 rings (SSSR count). The fourth-order valence-electron chi connectivity index (χ4n) is 0. The second-order valence-electron chi connectivity index (χ2n) is 1.19. The Kier molecular flexibility index (Phi) is 1.95. The van der Waals surface area contributed by atoms with E-state index in [0.717, 1.165) is 0 Å². The SMILES string of the molecule is CN(C)C(=N)Cl. The first-order valence-corrected chi connectivity index (χ1v) is 1.93. The van der Waals surface area contributed by atoms with E-state index in [-0.39, 0.29) is 5.29 Å². The summed E-state index contributed by atoms with van der Waals surface area (Å²) >= 11 is 5.12. The lowest BCUT2D eigenvalue weighted by Crippen LogP contribution is -2.13. The van der Waals surface area contributed by atoms with E-state index in [1.165, 1.54) is 4.90 Å². The van der Waals surface area contributed by atoms with Gasteiger partial charge in [-0.05, 0) is 11.6 Å². The zero-order chi connectivity index (χ0) is 5.15. The fraction of sp³-hybridized carbons (Fsp3) is 0.667. The molecule has 2 nitrogen and oxygen atoms in total. The average molecular weight is 107 g/mol. The topological polar surface area (TPSA) is 27.1 Å². The van der Waals surface area contributed by atoms with Crippen LogP contribution in [0.4, 0.5) is 0 Å². The molecule has 0 saturated carbocycles. The number of nitrogens with zero attached hydrogens (tertiary/aromatic N) is 1. The average Bonchev–Trinajstić information content (AvgIpc) is 1.36. The van der Waals surface area contributed by atoms with Crippen LogP contribution in [0.15, 0.2) is 0 Å². The van der Waals surface area contributed by atoms with Crippen LogP contribution in [0.25, 0.3) is 0 Å². The second-order valence-corrected chi connectivity index (χ2v) is 1.54. The van der Waals surface area contributed by atoms with E-state index < -0.39 is 0 Å². The number of nitrogens with one attached hydrogen (secondary N) is 1. The molecule has 6 heavy (non-hydrogen) atoms. The summed E-state index contributed by atoms with van der Waals surface area (Å²) in [7, 11) is 3.44. The third-order valence-corrected chi connectivity index (χ3v) is 0.731. The first-order valence-electron chi connectivity index (χ1n) is 1.56. The zero-order valence-electron chi connectivity index (χ0n) is 3.83. The van der Waals surface area contributed by atoms with Gasteiger partial charge in [-0.2, -0.15) is 0 Å². The summed E-state index contributed by atoms with van der Waals surface area (Å²) in [5, 5.41) is 6.71. The van der Waals surface area contributed by atoms with Crippen molar-refractivity contribution >= 4 is 16.9 Å². The predicted molar refractivity (Wildman–Crippen MR) is 27.3 cm³/mol. The maximum atomic E-state index is 6.64. The molecule has 0 radical (unpaired) electrons. The molecule has 0 aromatic carbocycles. The Morgan fingerprint density at radius 2 is 1.83 bits per heavy atom. The van der Waals surface area contributed by atoms with Gasteiger partial charge in [0.1, 0.15) is 0 Å². The molecule has 0 saturated heterocycles. The van der Waals surface area contributed by atoms with Crippen molar-refractivity contribution in [3.63, 3.8) is 0 Å². The summed E-state index contributed by atoms with van der Waals surface area (Å²) < 4.78 is 0. The molecule has 0 atom stereocenters. The fourth-order valence-corrected chi connectivity index (χ4v) is 0. The largest absolute Gasteiger partial charge is 0.354 e. The number of amidine groups is 1. The Balaban J connectivity index is 3.26. The van der Waals surface area contributed by atoms with E-state index >= 15 is 0 Å². The third-order valence-electron chi connectivity index (χ3n) is 0.393. The Morgan fingerprint density at radius 3 is 1.83 bits per heavy atom. The molecular weight excluding hydrogens is 99.5 g/mol. The molecule has 0 spiro atoms. The number of halogens is 1. The van der Waals surface area contributed by atoms with Crippen molar-refractivity contribution in [1.29, 1.82) is 5.41 Å². The highest BCUT2D eigenvalue weighted by atomic mass is 35.5. The lowest BCUT2D eigenvalue weighted by molar-refractivity contribution is 0.630. The molecule has 0 aromatic rings. The quantitative estimate of drug-likeness (QED) is 0.275. The maximum absolute atomic E-state index is 6.64. The van der Waals surface area contributed by atoms with Gasteiger partial charge >= 0.3 is 0 Å². The van der Waals surface area contributed by atoms with E-state index in [9.17, 15) is 0 Å². The van der Waals surface area contributed by atoms with E-state index in [2.05, 4.69) is 0 Å². The van der Waals surface area contributed by atoms with Gasteiger partial charge in [0, 0.05) is 14.1 Å². The Labute approximate surface area is 42.2 Å². The van der Waals surface area contributed by atoms with Crippen molar-refractivity contribution in [2.24, 2.45) is 0 Å². The minimum Gasteiger partial charge on any atom is -0.354 e. The highest BCUT2D eigenvalue weighted by Crippen LogP contribution is 1.80. The van der Waals surface area contributed by atoms with Gasteiger partial charge in [-0.25, -0.2) is 0 Å². The summed E-state index contributed by atoms with van der Waals surface area (Å²) in [6.45, 7) is 0. The molecule has 0 bridgehead atoms. The van der Waals surface area contributed by atoms with E-state index in [0.29, 0.717) is 0 Å². The van der Waals surface area contributed by atoms with Gasteiger partial charge in [0.25, 0.3) is 0 Å². The summed E-state index contributed by atoms with van der Waals surface area (Å²) in [5.41, 5.74) is 0. The summed E-state index contributed by atoms with van der Waals surface area (Å²) in [6, 6.07) is 0. The minimum atomic E-state index is 0.0648. The Bertz CT molecular complexity index is 59.8. The zero-order valence-corrected chi connectivity index (χ0v) is 4.58. The van der Waals surface area contributed by atoms with Crippen molar-refractivity contribution in [2.75, 3.05) is 14.1 Å². The molecule has 0 aliphatic heterocycles. The molecule has 0 aromatic heterocycles. The van der Waals surface area contributed by atoms with Gasteiger partial charge in [0.05, 0.1) is 0 Å². The summed E-state index contributed by atoms with van der Waals surface area (Å²) in [6.07, 6.45) is 0. The van der Waals surface area contributed by atoms with Crippen LogP contribution in [0.3, 0.4) is 0 Å². The van der Waals surface area contributed by atoms with Crippen molar-refractivity contribution in [3.05, 3.63) is 0 Å². The van der Waals surface area contributed by atoms with E-state index in [1.807, 2.05) is 0 Å². The van der Waals surface area contributed by atoms with Crippen LogP contribution in [0.5, 0.6) is 0 Å². The van der Waals surface area contributed by atoms with Crippen LogP contribution >= 0.6 is 11.6 Å².